The Morgan fingerprint density at radius 1 is 1.36 bits per heavy atom. The number of likely N-dealkylation sites (tertiary alicyclic amines) is 1. The van der Waals surface area contributed by atoms with Crippen LogP contribution in [0, 0.1) is 11.3 Å². The Balaban J connectivity index is 1.52. The zero-order valence-corrected chi connectivity index (χ0v) is 15.7. The van der Waals surface area contributed by atoms with Crippen LogP contribution in [0.25, 0.3) is 0 Å². The molecule has 0 bridgehead atoms. The van der Waals surface area contributed by atoms with Crippen molar-refractivity contribution in [1.29, 1.82) is 0 Å². The number of hydrogen-bond donors (Lipinski definition) is 1. The zero-order chi connectivity index (χ0) is 17.9. The van der Waals surface area contributed by atoms with Crippen molar-refractivity contribution < 1.29 is 9.53 Å². The molecule has 1 aromatic heterocycles. The summed E-state index contributed by atoms with van der Waals surface area (Å²) in [4.78, 5) is 15.0. The molecule has 1 aromatic rings. The molecule has 2 aliphatic heterocycles. The van der Waals surface area contributed by atoms with Crippen molar-refractivity contribution in [3.63, 3.8) is 0 Å². The van der Waals surface area contributed by atoms with E-state index in [4.69, 9.17) is 4.74 Å². The van der Waals surface area contributed by atoms with E-state index in [1.54, 1.807) is 10.9 Å². The predicted molar refractivity (Wildman–Crippen MR) is 95.3 cm³/mol. The van der Waals surface area contributed by atoms with Crippen LogP contribution in [-0.2, 0) is 11.3 Å². The summed E-state index contributed by atoms with van der Waals surface area (Å²) in [7, 11) is 0. The number of carbonyl (C=O) groups excluding carboxylic acids is 1. The van der Waals surface area contributed by atoms with Crippen LogP contribution in [0.1, 0.15) is 50.5 Å². The molecule has 25 heavy (non-hydrogen) atoms. The predicted octanol–water partition coefficient (Wildman–Crippen LogP) is 1.55. The van der Waals surface area contributed by atoms with E-state index in [1.807, 2.05) is 0 Å². The lowest BCUT2D eigenvalue weighted by Gasteiger charge is -2.37. The largest absolute Gasteiger partial charge is 0.380 e. The second-order valence-electron chi connectivity index (χ2n) is 8.34. The van der Waals surface area contributed by atoms with Gasteiger partial charge in [0.15, 0.2) is 5.69 Å². The highest BCUT2D eigenvalue weighted by molar-refractivity contribution is 5.91. The third-order valence-electron chi connectivity index (χ3n) is 5.11. The molecule has 0 radical (unpaired) electrons. The van der Waals surface area contributed by atoms with Crippen molar-refractivity contribution in [3.8, 4) is 0 Å². The molecule has 1 atom stereocenters. The van der Waals surface area contributed by atoms with Crippen molar-refractivity contribution >= 4 is 5.91 Å². The highest BCUT2D eigenvalue weighted by Crippen LogP contribution is 2.28. The van der Waals surface area contributed by atoms with Crippen LogP contribution in [0.2, 0.25) is 0 Å². The lowest BCUT2D eigenvalue weighted by molar-refractivity contribution is -0.111. The van der Waals surface area contributed by atoms with E-state index >= 15 is 0 Å². The molecule has 2 aliphatic rings. The lowest BCUT2D eigenvalue weighted by Crippen LogP contribution is -2.43. The number of aromatic nitrogens is 3. The second-order valence-corrected chi connectivity index (χ2v) is 8.34. The van der Waals surface area contributed by atoms with Crippen LogP contribution in [0.4, 0.5) is 0 Å². The number of nitrogens with one attached hydrogen (secondary N) is 1. The van der Waals surface area contributed by atoms with Crippen LogP contribution >= 0.6 is 0 Å². The zero-order valence-electron chi connectivity index (χ0n) is 15.7. The van der Waals surface area contributed by atoms with Gasteiger partial charge in [-0.3, -0.25) is 14.4 Å². The van der Waals surface area contributed by atoms with E-state index in [2.05, 4.69) is 41.3 Å². The smallest absolute Gasteiger partial charge is 0.273 e. The summed E-state index contributed by atoms with van der Waals surface area (Å²) in [5, 5.41) is 11.2. The van der Waals surface area contributed by atoms with Crippen molar-refractivity contribution in [1.82, 2.24) is 25.2 Å². The van der Waals surface area contributed by atoms with Crippen LogP contribution in [-0.4, -0.2) is 64.7 Å². The third-order valence-corrected chi connectivity index (χ3v) is 5.11. The van der Waals surface area contributed by atoms with Crippen molar-refractivity contribution in [2.45, 2.75) is 52.6 Å². The molecule has 7 nitrogen and oxygen atoms in total. The molecule has 1 N–H and O–H groups in total. The minimum atomic E-state index is -0.130. The average molecular weight is 349 g/mol. The number of carbonyl (C=O) groups is 1. The van der Waals surface area contributed by atoms with Gasteiger partial charge >= 0.3 is 0 Å². The van der Waals surface area contributed by atoms with Gasteiger partial charge in [0.2, 0.25) is 0 Å². The Kier molecular flexibility index (Phi) is 5.74. The minimum Gasteiger partial charge on any atom is -0.380 e. The summed E-state index contributed by atoms with van der Waals surface area (Å²) in [6, 6.07) is 0.410. The Morgan fingerprint density at radius 2 is 2.08 bits per heavy atom. The maximum Gasteiger partial charge on any atom is 0.273 e. The first-order valence-corrected chi connectivity index (χ1v) is 9.45. The average Bonchev–Trinajstić information content (AvgIpc) is 3.20. The fraction of sp³-hybridized carbons (Fsp3) is 0.833. The quantitative estimate of drug-likeness (QED) is 0.771. The van der Waals surface area contributed by atoms with Crippen molar-refractivity contribution in [2.24, 2.45) is 11.3 Å². The highest BCUT2D eigenvalue weighted by atomic mass is 16.5. The van der Waals surface area contributed by atoms with Crippen LogP contribution < -0.4 is 5.32 Å². The van der Waals surface area contributed by atoms with Gasteiger partial charge in [0.1, 0.15) is 0 Å². The van der Waals surface area contributed by atoms with Gasteiger partial charge in [0.05, 0.1) is 26.0 Å². The first-order valence-electron chi connectivity index (χ1n) is 9.45. The molecule has 140 valence electrons. The first-order chi connectivity index (χ1) is 12.0. The van der Waals surface area contributed by atoms with Gasteiger partial charge in [0, 0.05) is 18.0 Å². The Labute approximate surface area is 150 Å². The normalized spacial score (nSPS) is 21.3. The molecule has 0 spiro atoms. The van der Waals surface area contributed by atoms with Gasteiger partial charge in [-0.25, -0.2) is 0 Å². The highest BCUT2D eigenvalue weighted by Gasteiger charge is 2.34. The molecule has 0 saturated carbocycles. The van der Waals surface area contributed by atoms with Crippen LogP contribution in [0.15, 0.2) is 6.20 Å². The summed E-state index contributed by atoms with van der Waals surface area (Å²) in [6.07, 6.45) is 5.37. The fourth-order valence-corrected chi connectivity index (χ4v) is 3.73. The van der Waals surface area contributed by atoms with Gasteiger partial charge < -0.3 is 10.1 Å². The molecule has 0 unspecified atom stereocenters. The molecule has 0 aliphatic carbocycles. The SMILES string of the molecule is CC(C)C[C@@H](CNC(=O)c1cn(CC2(C)COC2)nn1)N1CCCC1. The Hall–Kier alpha value is -1.47. The van der Waals surface area contributed by atoms with Gasteiger partial charge in [-0.15, -0.1) is 5.10 Å². The molecule has 7 heteroatoms. The number of ether oxygens (including phenoxy) is 1. The summed E-state index contributed by atoms with van der Waals surface area (Å²) in [5.74, 6) is 0.489. The summed E-state index contributed by atoms with van der Waals surface area (Å²) >= 11 is 0. The minimum absolute atomic E-state index is 0.111. The molecule has 0 aromatic carbocycles. The second kappa shape index (κ2) is 7.83. The molecule has 3 heterocycles. The summed E-state index contributed by atoms with van der Waals surface area (Å²) in [5.41, 5.74) is 0.507. The van der Waals surface area contributed by atoms with Gasteiger partial charge in [-0.2, -0.15) is 0 Å². The maximum atomic E-state index is 12.4. The fourth-order valence-electron chi connectivity index (χ4n) is 3.73. The van der Waals surface area contributed by atoms with E-state index in [-0.39, 0.29) is 11.3 Å². The monoisotopic (exact) mass is 349 g/mol. The molecule has 2 fully saturated rings. The van der Waals surface area contributed by atoms with Crippen LogP contribution in [0.3, 0.4) is 0 Å². The molecule has 2 saturated heterocycles. The van der Waals surface area contributed by atoms with E-state index in [0.29, 0.717) is 24.2 Å². The van der Waals surface area contributed by atoms with Crippen LogP contribution in [0.5, 0.6) is 0 Å². The third kappa shape index (κ3) is 4.79. The van der Waals surface area contributed by atoms with Crippen molar-refractivity contribution in [2.75, 3.05) is 32.8 Å². The molecule has 3 rings (SSSR count). The van der Waals surface area contributed by atoms with Gasteiger partial charge in [-0.05, 0) is 38.3 Å². The summed E-state index contributed by atoms with van der Waals surface area (Å²) < 4.78 is 7.02. The Bertz CT molecular complexity index is 576. The van der Waals surface area contributed by atoms with E-state index < -0.39 is 0 Å². The van der Waals surface area contributed by atoms with E-state index in [0.717, 1.165) is 39.3 Å². The number of hydrogen-bond acceptors (Lipinski definition) is 5. The van der Waals surface area contributed by atoms with Crippen molar-refractivity contribution in [3.05, 3.63) is 11.9 Å². The number of nitrogens with zero attached hydrogens (tertiary/aromatic N) is 4. The standard InChI is InChI=1S/C18H31N5O2/c1-14(2)8-15(22-6-4-5-7-22)9-19-17(24)16-10-23(21-20-16)11-18(3)12-25-13-18/h10,14-15H,4-9,11-13H2,1-3H3,(H,19,24)/t15-/m0/s1. The van der Waals surface area contributed by atoms with E-state index in [1.165, 1.54) is 12.8 Å². The first kappa shape index (κ1) is 18.3. The molecular weight excluding hydrogens is 318 g/mol. The number of rotatable bonds is 8. The van der Waals surface area contributed by atoms with Gasteiger partial charge in [-0.1, -0.05) is 26.0 Å². The lowest BCUT2D eigenvalue weighted by atomic mass is 9.89. The Morgan fingerprint density at radius 3 is 2.68 bits per heavy atom. The molecular formula is C18H31N5O2. The molecule has 1 amide bonds. The topological polar surface area (TPSA) is 72.3 Å². The maximum absolute atomic E-state index is 12.4. The van der Waals surface area contributed by atoms with E-state index in [9.17, 15) is 4.79 Å². The summed E-state index contributed by atoms with van der Waals surface area (Å²) in [6.45, 7) is 11.8. The van der Waals surface area contributed by atoms with Gasteiger partial charge in [0.25, 0.3) is 5.91 Å². The number of amides is 1.